The summed E-state index contributed by atoms with van der Waals surface area (Å²) in [5.74, 6) is 0.840. The van der Waals surface area contributed by atoms with E-state index >= 15 is 0 Å². The largest absolute Gasteiger partial charge is 0.355 e. The van der Waals surface area contributed by atoms with Crippen molar-refractivity contribution in [3.63, 3.8) is 0 Å². The molecule has 1 aromatic heterocycles. The van der Waals surface area contributed by atoms with E-state index in [1.165, 1.54) is 11.4 Å². The zero-order valence-corrected chi connectivity index (χ0v) is 18.6. The predicted octanol–water partition coefficient (Wildman–Crippen LogP) is 6.50. The Hall–Kier alpha value is -3.08. The molecule has 0 unspecified atom stereocenters. The Morgan fingerprint density at radius 2 is 1.42 bits per heavy atom. The Balaban J connectivity index is 0.00000231. The predicted molar refractivity (Wildman–Crippen MR) is 130 cm³/mol. The Bertz CT molecular complexity index is 1170. The van der Waals surface area contributed by atoms with E-state index in [9.17, 15) is 0 Å². The van der Waals surface area contributed by atoms with Gasteiger partial charge in [-0.3, -0.25) is 0 Å². The number of fused-ring (bicyclic) bond motifs is 5. The number of aromatic nitrogens is 1. The van der Waals surface area contributed by atoms with Crippen molar-refractivity contribution in [2.75, 3.05) is 32.1 Å². The summed E-state index contributed by atoms with van der Waals surface area (Å²) < 4.78 is 6.01. The van der Waals surface area contributed by atoms with Crippen LogP contribution in [0.1, 0.15) is 6.42 Å². The van der Waals surface area contributed by atoms with Gasteiger partial charge in [-0.15, -0.1) is 12.4 Å². The lowest BCUT2D eigenvalue weighted by Crippen LogP contribution is -2.23. The number of halogens is 1. The molecule has 2 heterocycles. The third-order valence-electron chi connectivity index (χ3n) is 5.63. The summed E-state index contributed by atoms with van der Waals surface area (Å²) in [6.45, 7) is 1.98. The zero-order valence-electron chi connectivity index (χ0n) is 17.8. The van der Waals surface area contributed by atoms with Crippen LogP contribution in [-0.4, -0.2) is 37.2 Å². The van der Waals surface area contributed by atoms with Crippen molar-refractivity contribution in [2.45, 2.75) is 6.42 Å². The molecule has 5 rings (SSSR count). The summed E-state index contributed by atoms with van der Waals surface area (Å²) in [7, 11) is 4.24. The summed E-state index contributed by atoms with van der Waals surface area (Å²) in [5, 5.41) is 4.52. The minimum absolute atomic E-state index is 0. The molecule has 5 heteroatoms. The second-order valence-corrected chi connectivity index (χ2v) is 7.94. The first-order valence-corrected chi connectivity index (χ1v) is 10.4. The van der Waals surface area contributed by atoms with Crippen molar-refractivity contribution >= 4 is 23.8 Å². The number of hydrogen-bond donors (Lipinski definition) is 0. The third-order valence-corrected chi connectivity index (χ3v) is 5.63. The van der Waals surface area contributed by atoms with Crippen LogP contribution in [0.25, 0.3) is 33.7 Å². The lowest BCUT2D eigenvalue weighted by atomic mass is 9.96. The van der Waals surface area contributed by atoms with Gasteiger partial charge in [0.2, 0.25) is 0 Å². The molecule has 0 N–H and O–H groups in total. The van der Waals surface area contributed by atoms with E-state index in [0.717, 1.165) is 53.2 Å². The van der Waals surface area contributed by atoms with Gasteiger partial charge in [-0.2, -0.15) is 0 Å². The zero-order chi connectivity index (χ0) is 20.5. The molecule has 4 nitrogen and oxygen atoms in total. The molecule has 3 aromatic carbocycles. The fourth-order valence-electron chi connectivity index (χ4n) is 4.25. The second kappa shape index (κ2) is 8.96. The second-order valence-electron chi connectivity index (χ2n) is 7.94. The highest BCUT2D eigenvalue weighted by Gasteiger charge is 2.30. The van der Waals surface area contributed by atoms with Crippen LogP contribution in [0.3, 0.4) is 0 Å². The SMILES string of the molecule is CN(C)CCCN1c2ccccc2-c2onc(-c3ccccc3)c2-c2ccccc21.Cl. The van der Waals surface area contributed by atoms with Crippen LogP contribution in [0, 0.1) is 0 Å². The maximum Gasteiger partial charge on any atom is 0.177 e. The van der Waals surface area contributed by atoms with Crippen molar-refractivity contribution in [3.8, 4) is 33.7 Å². The Kier molecular flexibility index (Phi) is 6.12. The maximum absolute atomic E-state index is 6.01. The average molecular weight is 432 g/mol. The molecule has 0 amide bonds. The standard InChI is InChI=1S/C26H25N3O.ClH/c1-28(2)17-10-18-29-22-15-8-6-13-20(22)24-25(19-11-4-3-5-12-19)27-30-26(24)21-14-7-9-16-23(21)29;/h3-9,11-16H,10,17-18H2,1-2H3;1H. The molecule has 0 radical (unpaired) electrons. The molecule has 158 valence electrons. The Morgan fingerprint density at radius 3 is 2.13 bits per heavy atom. The number of benzene rings is 3. The van der Waals surface area contributed by atoms with Gasteiger partial charge in [-0.25, -0.2) is 0 Å². The molecule has 0 saturated carbocycles. The summed E-state index contributed by atoms with van der Waals surface area (Å²) in [6, 6.07) is 27.4. The quantitative estimate of drug-likeness (QED) is 0.361. The van der Waals surface area contributed by atoms with Crippen LogP contribution in [0.2, 0.25) is 0 Å². The smallest absolute Gasteiger partial charge is 0.177 e. The number of para-hydroxylation sites is 2. The molecule has 0 fully saturated rings. The summed E-state index contributed by atoms with van der Waals surface area (Å²) in [4.78, 5) is 4.66. The molecular formula is C26H26ClN3O. The molecule has 0 atom stereocenters. The van der Waals surface area contributed by atoms with Crippen LogP contribution in [0.15, 0.2) is 83.4 Å². The van der Waals surface area contributed by atoms with E-state index in [4.69, 9.17) is 4.52 Å². The monoisotopic (exact) mass is 431 g/mol. The van der Waals surface area contributed by atoms with Crippen LogP contribution in [0.5, 0.6) is 0 Å². The van der Waals surface area contributed by atoms with Crippen LogP contribution in [0.4, 0.5) is 11.4 Å². The first-order valence-electron chi connectivity index (χ1n) is 10.4. The van der Waals surface area contributed by atoms with Gasteiger partial charge < -0.3 is 14.3 Å². The van der Waals surface area contributed by atoms with Crippen molar-refractivity contribution < 1.29 is 4.52 Å². The van der Waals surface area contributed by atoms with Gasteiger partial charge in [-0.05, 0) is 45.3 Å². The van der Waals surface area contributed by atoms with E-state index in [1.54, 1.807) is 0 Å². The van der Waals surface area contributed by atoms with Gasteiger partial charge in [0.25, 0.3) is 0 Å². The molecule has 1 aliphatic heterocycles. The van der Waals surface area contributed by atoms with Crippen molar-refractivity contribution in [1.82, 2.24) is 10.1 Å². The van der Waals surface area contributed by atoms with E-state index in [1.807, 2.05) is 18.2 Å². The van der Waals surface area contributed by atoms with E-state index in [0.29, 0.717) is 0 Å². The summed E-state index contributed by atoms with van der Waals surface area (Å²) in [6.07, 6.45) is 1.07. The molecule has 1 aliphatic rings. The lowest BCUT2D eigenvalue weighted by molar-refractivity contribution is 0.402. The normalized spacial score (nSPS) is 11.9. The van der Waals surface area contributed by atoms with Crippen LogP contribution < -0.4 is 4.90 Å². The van der Waals surface area contributed by atoms with E-state index in [2.05, 4.69) is 89.7 Å². The van der Waals surface area contributed by atoms with Gasteiger partial charge >= 0.3 is 0 Å². The van der Waals surface area contributed by atoms with Crippen LogP contribution in [-0.2, 0) is 0 Å². The number of anilines is 2. The fourth-order valence-corrected chi connectivity index (χ4v) is 4.25. The van der Waals surface area contributed by atoms with Crippen molar-refractivity contribution in [3.05, 3.63) is 78.9 Å². The van der Waals surface area contributed by atoms with Gasteiger partial charge in [0.15, 0.2) is 5.76 Å². The molecule has 4 aromatic rings. The van der Waals surface area contributed by atoms with Gasteiger partial charge in [-0.1, -0.05) is 65.8 Å². The highest BCUT2D eigenvalue weighted by molar-refractivity contribution is 6.02. The van der Waals surface area contributed by atoms with E-state index < -0.39 is 0 Å². The van der Waals surface area contributed by atoms with Crippen molar-refractivity contribution in [1.29, 1.82) is 0 Å². The van der Waals surface area contributed by atoms with Crippen molar-refractivity contribution in [2.24, 2.45) is 0 Å². The number of rotatable bonds is 5. The summed E-state index contributed by atoms with van der Waals surface area (Å²) in [5.41, 5.74) is 7.64. The fraction of sp³-hybridized carbons (Fsp3) is 0.192. The topological polar surface area (TPSA) is 32.5 Å². The van der Waals surface area contributed by atoms with Gasteiger partial charge in [0.1, 0.15) is 5.69 Å². The van der Waals surface area contributed by atoms with Gasteiger partial charge in [0, 0.05) is 28.9 Å². The first kappa shape index (κ1) is 21.2. The maximum atomic E-state index is 6.01. The van der Waals surface area contributed by atoms with Crippen LogP contribution >= 0.6 is 12.4 Å². The first-order chi connectivity index (χ1) is 14.7. The molecule has 0 bridgehead atoms. The highest BCUT2D eigenvalue weighted by atomic mass is 35.5. The average Bonchev–Trinajstić information content (AvgIpc) is 3.18. The molecular weight excluding hydrogens is 406 g/mol. The highest BCUT2D eigenvalue weighted by Crippen LogP contribution is 2.50. The molecule has 31 heavy (non-hydrogen) atoms. The number of hydrogen-bond acceptors (Lipinski definition) is 4. The van der Waals surface area contributed by atoms with Gasteiger partial charge in [0.05, 0.1) is 11.3 Å². The Morgan fingerprint density at radius 1 is 0.806 bits per heavy atom. The molecule has 0 spiro atoms. The Labute approximate surface area is 189 Å². The number of nitrogens with zero attached hydrogens (tertiary/aromatic N) is 3. The minimum atomic E-state index is 0. The van der Waals surface area contributed by atoms with E-state index in [-0.39, 0.29) is 12.4 Å². The summed E-state index contributed by atoms with van der Waals surface area (Å²) >= 11 is 0. The lowest BCUT2D eigenvalue weighted by Gasteiger charge is -2.27. The minimum Gasteiger partial charge on any atom is -0.355 e. The molecule has 0 saturated heterocycles. The molecule has 0 aliphatic carbocycles. The third kappa shape index (κ3) is 3.85.